The van der Waals surface area contributed by atoms with Crippen LogP contribution in [-0.4, -0.2) is 32.4 Å². The maximum absolute atomic E-state index is 12.8. The van der Waals surface area contributed by atoms with E-state index in [-0.39, 0.29) is 23.8 Å². The highest BCUT2D eigenvalue weighted by Crippen LogP contribution is 2.09. The Hall–Kier alpha value is -2.32. The quantitative estimate of drug-likeness (QED) is 0.749. The van der Waals surface area contributed by atoms with Gasteiger partial charge in [0.15, 0.2) is 0 Å². The Morgan fingerprint density at radius 3 is 2.50 bits per heavy atom. The molecule has 1 amide bonds. The molecule has 2 rings (SSSR count). The summed E-state index contributed by atoms with van der Waals surface area (Å²) in [5.74, 6) is -0.769. The molecule has 0 unspecified atom stereocenters. The van der Waals surface area contributed by atoms with Crippen LogP contribution >= 0.6 is 0 Å². The van der Waals surface area contributed by atoms with Crippen LogP contribution in [0.15, 0.2) is 53.6 Å². The van der Waals surface area contributed by atoms with Gasteiger partial charge in [-0.05, 0) is 36.4 Å². The third kappa shape index (κ3) is 5.71. The molecular formula is C16H18FN3O3S. The number of hydrogen-bond acceptors (Lipinski definition) is 4. The predicted molar refractivity (Wildman–Crippen MR) is 87.2 cm³/mol. The van der Waals surface area contributed by atoms with E-state index in [9.17, 15) is 17.6 Å². The van der Waals surface area contributed by atoms with Gasteiger partial charge < -0.3 is 5.32 Å². The Morgan fingerprint density at radius 1 is 1.08 bits per heavy atom. The van der Waals surface area contributed by atoms with Gasteiger partial charge in [-0.3, -0.25) is 9.78 Å². The first-order valence-electron chi connectivity index (χ1n) is 7.39. The van der Waals surface area contributed by atoms with E-state index in [0.717, 1.165) is 17.8 Å². The molecule has 0 fully saturated rings. The van der Waals surface area contributed by atoms with Crippen LogP contribution in [0.2, 0.25) is 0 Å². The van der Waals surface area contributed by atoms with Crippen LogP contribution in [-0.2, 0) is 21.2 Å². The zero-order valence-electron chi connectivity index (χ0n) is 12.9. The van der Waals surface area contributed by atoms with Gasteiger partial charge in [0, 0.05) is 37.8 Å². The van der Waals surface area contributed by atoms with Gasteiger partial charge >= 0.3 is 0 Å². The molecule has 0 saturated heterocycles. The predicted octanol–water partition coefficient (Wildman–Crippen LogP) is 1.25. The summed E-state index contributed by atoms with van der Waals surface area (Å²) >= 11 is 0. The van der Waals surface area contributed by atoms with Crippen LogP contribution in [0.3, 0.4) is 0 Å². The smallest absolute Gasteiger partial charge is 0.240 e. The lowest BCUT2D eigenvalue weighted by molar-refractivity contribution is -0.120. The minimum Gasteiger partial charge on any atom is -0.356 e. The van der Waals surface area contributed by atoms with Crippen LogP contribution in [0.1, 0.15) is 12.1 Å². The number of halogens is 1. The summed E-state index contributed by atoms with van der Waals surface area (Å²) in [6, 6.07) is 10.0. The van der Waals surface area contributed by atoms with Gasteiger partial charge in [-0.15, -0.1) is 0 Å². The van der Waals surface area contributed by atoms with Gasteiger partial charge in [0.2, 0.25) is 15.9 Å². The summed E-state index contributed by atoms with van der Waals surface area (Å²) < 4.78 is 39.0. The van der Waals surface area contributed by atoms with E-state index in [1.54, 1.807) is 6.20 Å². The molecule has 0 aliphatic rings. The van der Waals surface area contributed by atoms with E-state index in [4.69, 9.17) is 0 Å². The van der Waals surface area contributed by atoms with Crippen molar-refractivity contribution in [2.24, 2.45) is 0 Å². The van der Waals surface area contributed by atoms with Crippen molar-refractivity contribution < 1.29 is 17.6 Å². The van der Waals surface area contributed by atoms with Crippen molar-refractivity contribution in [3.8, 4) is 0 Å². The topological polar surface area (TPSA) is 88.2 Å². The van der Waals surface area contributed by atoms with Gasteiger partial charge in [0.1, 0.15) is 5.82 Å². The van der Waals surface area contributed by atoms with E-state index < -0.39 is 15.8 Å². The summed E-state index contributed by atoms with van der Waals surface area (Å²) in [5, 5.41) is 2.70. The van der Waals surface area contributed by atoms with Crippen molar-refractivity contribution in [2.45, 2.75) is 17.7 Å². The Bertz CT molecular complexity index is 765. The number of rotatable bonds is 8. The van der Waals surface area contributed by atoms with E-state index >= 15 is 0 Å². The molecule has 128 valence electrons. The number of pyridine rings is 1. The van der Waals surface area contributed by atoms with Crippen molar-refractivity contribution >= 4 is 15.9 Å². The third-order valence-electron chi connectivity index (χ3n) is 3.20. The zero-order chi connectivity index (χ0) is 17.4. The van der Waals surface area contributed by atoms with Crippen LogP contribution in [0.5, 0.6) is 0 Å². The third-order valence-corrected chi connectivity index (χ3v) is 4.67. The van der Waals surface area contributed by atoms with E-state index in [1.165, 1.54) is 12.1 Å². The maximum atomic E-state index is 12.8. The van der Waals surface area contributed by atoms with Crippen molar-refractivity contribution in [1.82, 2.24) is 15.0 Å². The lowest BCUT2D eigenvalue weighted by atomic mass is 10.2. The maximum Gasteiger partial charge on any atom is 0.240 e. The molecule has 2 aromatic rings. The molecule has 24 heavy (non-hydrogen) atoms. The summed E-state index contributed by atoms with van der Waals surface area (Å²) in [6.45, 7) is 0.399. The second kappa shape index (κ2) is 8.51. The number of benzene rings is 1. The molecule has 0 aliphatic carbocycles. The molecular weight excluding hydrogens is 333 g/mol. The molecule has 0 radical (unpaired) electrons. The molecule has 6 nitrogen and oxygen atoms in total. The molecule has 8 heteroatoms. The van der Waals surface area contributed by atoms with Gasteiger partial charge in [0.25, 0.3) is 0 Å². The van der Waals surface area contributed by atoms with Crippen LogP contribution < -0.4 is 10.0 Å². The van der Waals surface area contributed by atoms with Crippen molar-refractivity contribution in [3.63, 3.8) is 0 Å². The fourth-order valence-electron chi connectivity index (χ4n) is 1.96. The fraction of sp³-hybridized carbons (Fsp3) is 0.250. The highest BCUT2D eigenvalue weighted by Gasteiger charge is 2.14. The van der Waals surface area contributed by atoms with Crippen LogP contribution in [0.4, 0.5) is 4.39 Å². The zero-order valence-corrected chi connectivity index (χ0v) is 13.7. The van der Waals surface area contributed by atoms with Crippen LogP contribution in [0.25, 0.3) is 0 Å². The standard InChI is InChI=1S/C16H18FN3O3S/c17-13-4-6-15(7-5-13)24(22,23)20-12-9-16(21)19-11-8-14-3-1-2-10-18-14/h1-7,10,20H,8-9,11-12H2,(H,19,21). The Balaban J connectivity index is 1.71. The number of carbonyl (C=O) groups is 1. The Labute approximate surface area is 140 Å². The first kappa shape index (κ1) is 18.0. The lowest BCUT2D eigenvalue weighted by Crippen LogP contribution is -2.31. The average Bonchev–Trinajstić information content (AvgIpc) is 2.56. The van der Waals surface area contributed by atoms with Gasteiger partial charge in [-0.25, -0.2) is 17.5 Å². The van der Waals surface area contributed by atoms with E-state index in [1.807, 2.05) is 18.2 Å². The molecule has 1 aromatic heterocycles. The molecule has 0 bridgehead atoms. The monoisotopic (exact) mass is 351 g/mol. The van der Waals surface area contributed by atoms with E-state index in [2.05, 4.69) is 15.0 Å². The molecule has 0 aliphatic heterocycles. The average molecular weight is 351 g/mol. The molecule has 0 atom stereocenters. The molecule has 2 N–H and O–H groups in total. The Kier molecular flexibility index (Phi) is 6.39. The number of aromatic nitrogens is 1. The second-order valence-corrected chi connectivity index (χ2v) is 6.79. The number of amides is 1. The van der Waals surface area contributed by atoms with Crippen molar-refractivity contribution in [1.29, 1.82) is 0 Å². The molecule has 0 saturated carbocycles. The minimum absolute atomic E-state index is 0.0165. The van der Waals surface area contributed by atoms with Gasteiger partial charge in [0.05, 0.1) is 4.90 Å². The number of nitrogens with zero attached hydrogens (tertiary/aromatic N) is 1. The van der Waals surface area contributed by atoms with Gasteiger partial charge in [-0.2, -0.15) is 0 Å². The number of carbonyl (C=O) groups excluding carboxylic acids is 1. The number of sulfonamides is 1. The first-order chi connectivity index (χ1) is 11.5. The normalized spacial score (nSPS) is 11.2. The molecule has 1 aromatic carbocycles. The summed E-state index contributed by atoms with van der Waals surface area (Å²) in [5.41, 5.74) is 0.870. The van der Waals surface area contributed by atoms with Crippen LogP contribution in [0, 0.1) is 5.82 Å². The highest BCUT2D eigenvalue weighted by atomic mass is 32.2. The SMILES string of the molecule is O=C(CCNS(=O)(=O)c1ccc(F)cc1)NCCc1ccccn1. The summed E-state index contributed by atoms with van der Waals surface area (Å²) in [6.07, 6.45) is 2.30. The second-order valence-electron chi connectivity index (χ2n) is 5.02. The van der Waals surface area contributed by atoms with E-state index in [0.29, 0.717) is 13.0 Å². The number of hydrogen-bond donors (Lipinski definition) is 2. The number of nitrogens with one attached hydrogen (secondary N) is 2. The van der Waals surface area contributed by atoms with Crippen molar-refractivity contribution in [2.75, 3.05) is 13.1 Å². The lowest BCUT2D eigenvalue weighted by Gasteiger charge is -2.07. The van der Waals surface area contributed by atoms with Crippen molar-refractivity contribution in [3.05, 3.63) is 60.2 Å². The highest BCUT2D eigenvalue weighted by molar-refractivity contribution is 7.89. The summed E-state index contributed by atoms with van der Waals surface area (Å²) in [4.78, 5) is 15.8. The minimum atomic E-state index is -3.74. The first-order valence-corrected chi connectivity index (χ1v) is 8.87. The Morgan fingerprint density at radius 2 is 1.83 bits per heavy atom. The van der Waals surface area contributed by atoms with Gasteiger partial charge in [-0.1, -0.05) is 6.07 Å². The fourth-order valence-corrected chi connectivity index (χ4v) is 2.99. The summed E-state index contributed by atoms with van der Waals surface area (Å²) in [7, 11) is -3.74. The molecule has 1 heterocycles. The largest absolute Gasteiger partial charge is 0.356 e. The molecule has 0 spiro atoms.